The van der Waals surface area contributed by atoms with Crippen LogP contribution in [0.15, 0.2) is 66.7 Å². The van der Waals surface area contributed by atoms with E-state index in [-0.39, 0.29) is 5.56 Å². The summed E-state index contributed by atoms with van der Waals surface area (Å²) in [5.41, 5.74) is 4.22. The minimum Gasteiger partial charge on any atom is -0.465 e. The molecule has 0 fully saturated rings. The number of urea groups is 1. The standard InChI is InChI=1S/C23H19N3O3S/c1-14-13-15(21-24-19-9-5-6-10-20(19)30-21)11-12-17(14)25-23(28)26-18-8-4-3-7-16(18)22(27)29-2/h3-13H,1-2H3,(H2,25,26,28). The molecular formula is C23H19N3O3S. The van der Waals surface area contributed by atoms with Gasteiger partial charge in [0.15, 0.2) is 0 Å². The van der Waals surface area contributed by atoms with Gasteiger partial charge in [-0.3, -0.25) is 0 Å². The van der Waals surface area contributed by atoms with E-state index in [1.807, 2.05) is 43.3 Å². The summed E-state index contributed by atoms with van der Waals surface area (Å²) in [6.07, 6.45) is 0. The van der Waals surface area contributed by atoms with Gasteiger partial charge in [-0.25, -0.2) is 14.6 Å². The van der Waals surface area contributed by atoms with Crippen LogP contribution >= 0.6 is 11.3 Å². The van der Waals surface area contributed by atoms with Crippen molar-refractivity contribution in [3.8, 4) is 10.6 Å². The maximum Gasteiger partial charge on any atom is 0.339 e. The number of ether oxygens (including phenoxy) is 1. The molecule has 0 saturated carbocycles. The maximum absolute atomic E-state index is 12.5. The van der Waals surface area contributed by atoms with Crippen molar-refractivity contribution < 1.29 is 14.3 Å². The number of aryl methyl sites for hydroxylation is 1. The summed E-state index contributed by atoms with van der Waals surface area (Å²) in [7, 11) is 1.30. The van der Waals surface area contributed by atoms with E-state index in [1.54, 1.807) is 35.6 Å². The van der Waals surface area contributed by atoms with Crippen molar-refractivity contribution in [1.29, 1.82) is 0 Å². The summed E-state index contributed by atoms with van der Waals surface area (Å²) in [5, 5.41) is 6.47. The van der Waals surface area contributed by atoms with Gasteiger partial charge >= 0.3 is 12.0 Å². The summed E-state index contributed by atoms with van der Waals surface area (Å²) < 4.78 is 5.89. The van der Waals surface area contributed by atoms with Crippen LogP contribution in [0.2, 0.25) is 0 Å². The molecule has 2 N–H and O–H groups in total. The quantitative estimate of drug-likeness (QED) is 0.417. The molecule has 2 amide bonds. The van der Waals surface area contributed by atoms with Crippen molar-refractivity contribution >= 4 is 44.9 Å². The largest absolute Gasteiger partial charge is 0.465 e. The van der Waals surface area contributed by atoms with Gasteiger partial charge in [0.25, 0.3) is 0 Å². The predicted octanol–water partition coefficient (Wildman–Crippen LogP) is 5.70. The number of methoxy groups -OCH3 is 1. The lowest BCUT2D eigenvalue weighted by Crippen LogP contribution is -2.21. The van der Waals surface area contributed by atoms with Crippen LogP contribution in [-0.2, 0) is 4.74 Å². The molecule has 4 rings (SSSR count). The highest BCUT2D eigenvalue weighted by Crippen LogP contribution is 2.32. The third kappa shape index (κ3) is 4.01. The number of rotatable bonds is 4. The van der Waals surface area contributed by atoms with Crippen LogP contribution in [0.1, 0.15) is 15.9 Å². The molecule has 7 heteroatoms. The number of thiazole rings is 1. The van der Waals surface area contributed by atoms with Gasteiger partial charge in [0.05, 0.1) is 28.6 Å². The number of benzene rings is 3. The van der Waals surface area contributed by atoms with Crippen LogP contribution in [0.4, 0.5) is 16.2 Å². The van der Waals surface area contributed by atoms with Crippen LogP contribution in [0.25, 0.3) is 20.8 Å². The molecule has 6 nitrogen and oxygen atoms in total. The molecular weight excluding hydrogens is 398 g/mol. The number of amides is 2. The fourth-order valence-electron chi connectivity index (χ4n) is 3.09. The lowest BCUT2D eigenvalue weighted by atomic mass is 10.1. The lowest BCUT2D eigenvalue weighted by molar-refractivity contribution is 0.0602. The first-order valence-electron chi connectivity index (χ1n) is 9.27. The fourth-order valence-corrected chi connectivity index (χ4v) is 4.05. The summed E-state index contributed by atoms with van der Waals surface area (Å²) >= 11 is 1.63. The highest BCUT2D eigenvalue weighted by molar-refractivity contribution is 7.21. The lowest BCUT2D eigenvalue weighted by Gasteiger charge is -2.12. The smallest absolute Gasteiger partial charge is 0.339 e. The van der Waals surface area contributed by atoms with E-state index in [0.29, 0.717) is 11.4 Å². The fraction of sp³-hybridized carbons (Fsp3) is 0.0870. The third-order valence-electron chi connectivity index (χ3n) is 4.60. The van der Waals surface area contributed by atoms with E-state index < -0.39 is 12.0 Å². The Morgan fingerprint density at radius 2 is 1.67 bits per heavy atom. The van der Waals surface area contributed by atoms with Crippen molar-refractivity contribution in [2.24, 2.45) is 0 Å². The number of esters is 1. The van der Waals surface area contributed by atoms with Gasteiger partial charge in [0.1, 0.15) is 5.01 Å². The second-order valence-corrected chi connectivity index (χ2v) is 7.66. The Morgan fingerprint density at radius 3 is 2.43 bits per heavy atom. The summed E-state index contributed by atoms with van der Waals surface area (Å²) in [4.78, 5) is 29.0. The number of nitrogens with one attached hydrogen (secondary N) is 2. The number of fused-ring (bicyclic) bond motifs is 1. The van der Waals surface area contributed by atoms with Crippen LogP contribution in [0.3, 0.4) is 0 Å². The number of aromatic nitrogens is 1. The average molecular weight is 417 g/mol. The van der Waals surface area contributed by atoms with Crippen molar-refractivity contribution in [3.05, 3.63) is 77.9 Å². The molecule has 1 heterocycles. The van der Waals surface area contributed by atoms with Crippen molar-refractivity contribution in [1.82, 2.24) is 4.98 Å². The number of carbonyl (C=O) groups is 2. The minimum atomic E-state index is -0.512. The van der Waals surface area contributed by atoms with E-state index in [4.69, 9.17) is 4.74 Å². The third-order valence-corrected chi connectivity index (χ3v) is 5.68. The van der Waals surface area contributed by atoms with Crippen LogP contribution < -0.4 is 10.6 Å². The molecule has 0 bridgehead atoms. The summed E-state index contributed by atoms with van der Waals surface area (Å²) in [6.45, 7) is 1.93. The topological polar surface area (TPSA) is 80.3 Å². The summed E-state index contributed by atoms with van der Waals surface area (Å²) in [5.74, 6) is -0.512. The minimum absolute atomic E-state index is 0.290. The SMILES string of the molecule is COC(=O)c1ccccc1NC(=O)Nc1ccc(-c2nc3ccccc3s2)cc1C. The molecule has 3 aromatic carbocycles. The monoisotopic (exact) mass is 417 g/mol. The van der Waals surface area contributed by atoms with Crippen LogP contribution in [-0.4, -0.2) is 24.1 Å². The highest BCUT2D eigenvalue weighted by Gasteiger charge is 2.14. The number of hydrogen-bond donors (Lipinski definition) is 2. The molecule has 4 aromatic rings. The Bertz CT molecular complexity index is 1220. The molecule has 0 aliphatic rings. The first-order chi connectivity index (χ1) is 14.5. The number of nitrogens with zero attached hydrogens (tertiary/aromatic N) is 1. The van der Waals surface area contributed by atoms with Gasteiger partial charge in [-0.05, 0) is 55.0 Å². The molecule has 0 spiro atoms. The van der Waals surface area contributed by atoms with Crippen molar-refractivity contribution in [2.45, 2.75) is 6.92 Å². The second-order valence-electron chi connectivity index (χ2n) is 6.63. The second kappa shape index (κ2) is 8.34. The molecule has 0 atom stereocenters. The molecule has 0 radical (unpaired) electrons. The van der Waals surface area contributed by atoms with E-state index in [2.05, 4.69) is 21.7 Å². The van der Waals surface area contributed by atoms with E-state index in [1.165, 1.54) is 7.11 Å². The molecule has 30 heavy (non-hydrogen) atoms. The number of hydrogen-bond acceptors (Lipinski definition) is 5. The summed E-state index contributed by atoms with van der Waals surface area (Å²) in [6, 6.07) is 20.0. The zero-order chi connectivity index (χ0) is 21.1. The zero-order valence-corrected chi connectivity index (χ0v) is 17.2. The maximum atomic E-state index is 12.5. The van der Waals surface area contributed by atoms with Crippen LogP contribution in [0.5, 0.6) is 0 Å². The number of para-hydroxylation sites is 2. The van der Waals surface area contributed by atoms with Gasteiger partial charge in [0.2, 0.25) is 0 Å². The molecule has 0 unspecified atom stereocenters. The molecule has 0 aliphatic carbocycles. The normalized spacial score (nSPS) is 10.6. The Balaban J connectivity index is 1.52. The van der Waals surface area contributed by atoms with Gasteiger partial charge in [-0.1, -0.05) is 24.3 Å². The molecule has 150 valence electrons. The van der Waals surface area contributed by atoms with Crippen molar-refractivity contribution in [3.63, 3.8) is 0 Å². The number of anilines is 2. The van der Waals surface area contributed by atoms with E-state index in [0.717, 1.165) is 26.4 Å². The highest BCUT2D eigenvalue weighted by atomic mass is 32.1. The van der Waals surface area contributed by atoms with Gasteiger partial charge in [-0.15, -0.1) is 11.3 Å². The van der Waals surface area contributed by atoms with E-state index >= 15 is 0 Å². The zero-order valence-electron chi connectivity index (χ0n) is 16.4. The first kappa shape index (κ1) is 19.6. The molecule has 0 saturated heterocycles. The Morgan fingerprint density at radius 1 is 0.933 bits per heavy atom. The first-order valence-corrected chi connectivity index (χ1v) is 10.1. The average Bonchev–Trinajstić information content (AvgIpc) is 3.19. The van der Waals surface area contributed by atoms with Gasteiger partial charge in [0, 0.05) is 11.3 Å². The van der Waals surface area contributed by atoms with Gasteiger partial charge < -0.3 is 15.4 Å². The van der Waals surface area contributed by atoms with Crippen molar-refractivity contribution in [2.75, 3.05) is 17.7 Å². The van der Waals surface area contributed by atoms with Crippen LogP contribution in [0, 0.1) is 6.92 Å². The Hall–Kier alpha value is -3.71. The predicted molar refractivity (Wildman–Crippen MR) is 120 cm³/mol. The Labute approximate surface area is 177 Å². The molecule has 0 aliphatic heterocycles. The van der Waals surface area contributed by atoms with E-state index in [9.17, 15) is 9.59 Å². The Kier molecular flexibility index (Phi) is 5.45. The molecule has 1 aromatic heterocycles. The number of carbonyl (C=O) groups excluding carboxylic acids is 2. The van der Waals surface area contributed by atoms with Gasteiger partial charge in [-0.2, -0.15) is 0 Å².